The van der Waals surface area contributed by atoms with E-state index in [-0.39, 0.29) is 12.3 Å². The fourth-order valence-electron chi connectivity index (χ4n) is 1.52. The average molecular weight is 219 g/mol. The van der Waals surface area contributed by atoms with E-state index in [0.717, 1.165) is 11.3 Å². The number of hydrogen-bond donors (Lipinski definition) is 2. The Labute approximate surface area is 92.4 Å². The molecule has 1 aromatic carbocycles. The molecule has 0 saturated heterocycles. The Bertz CT molecular complexity index is 542. The van der Waals surface area contributed by atoms with Crippen molar-refractivity contribution in [2.75, 3.05) is 6.61 Å². The van der Waals surface area contributed by atoms with Crippen molar-refractivity contribution in [2.24, 2.45) is 0 Å². The summed E-state index contributed by atoms with van der Waals surface area (Å²) < 4.78 is 1.30. The quantitative estimate of drug-likeness (QED) is 0.785. The molecule has 0 unspecified atom stereocenters. The van der Waals surface area contributed by atoms with Crippen LogP contribution in [0.1, 0.15) is 11.4 Å². The van der Waals surface area contributed by atoms with Crippen LogP contribution in [-0.4, -0.2) is 26.5 Å². The minimum atomic E-state index is -0.283. The maximum Gasteiger partial charge on any atom is 0.348 e. The molecule has 0 radical (unpaired) electrons. The van der Waals surface area contributed by atoms with Crippen molar-refractivity contribution in [2.45, 2.75) is 13.3 Å². The predicted octanol–water partition coefficient (Wildman–Crippen LogP) is 0.404. The Hall–Kier alpha value is -1.88. The summed E-state index contributed by atoms with van der Waals surface area (Å²) in [5.74, 6) is 0.494. The second-order valence-corrected chi connectivity index (χ2v) is 3.60. The molecule has 0 aliphatic rings. The first-order chi connectivity index (χ1) is 7.70. The third kappa shape index (κ3) is 2.04. The number of H-pyrrole nitrogens is 1. The highest BCUT2D eigenvalue weighted by Crippen LogP contribution is 2.06. The molecular weight excluding hydrogens is 206 g/mol. The number of aliphatic hydroxyl groups excluding tert-OH is 1. The number of aliphatic hydroxyl groups is 1. The summed E-state index contributed by atoms with van der Waals surface area (Å²) in [5.41, 5.74) is 1.51. The summed E-state index contributed by atoms with van der Waals surface area (Å²) in [7, 11) is 0. The predicted molar refractivity (Wildman–Crippen MR) is 59.7 cm³/mol. The Morgan fingerprint density at radius 3 is 3.00 bits per heavy atom. The van der Waals surface area contributed by atoms with Crippen molar-refractivity contribution in [3.8, 4) is 5.69 Å². The van der Waals surface area contributed by atoms with Gasteiger partial charge < -0.3 is 5.11 Å². The van der Waals surface area contributed by atoms with E-state index in [2.05, 4.69) is 10.1 Å². The number of nitrogens with zero attached hydrogens (tertiary/aromatic N) is 2. The van der Waals surface area contributed by atoms with Gasteiger partial charge in [0.1, 0.15) is 5.82 Å². The van der Waals surface area contributed by atoms with Gasteiger partial charge in [-0.15, -0.1) is 0 Å². The van der Waals surface area contributed by atoms with Crippen LogP contribution in [-0.2, 0) is 6.42 Å². The average Bonchev–Trinajstić information content (AvgIpc) is 2.60. The van der Waals surface area contributed by atoms with Crippen molar-refractivity contribution in [3.05, 3.63) is 46.1 Å². The lowest BCUT2D eigenvalue weighted by Gasteiger charge is -1.99. The van der Waals surface area contributed by atoms with E-state index >= 15 is 0 Å². The van der Waals surface area contributed by atoms with Crippen molar-refractivity contribution in [3.63, 3.8) is 0 Å². The summed E-state index contributed by atoms with van der Waals surface area (Å²) in [6.07, 6.45) is 0.355. The molecule has 0 fully saturated rings. The molecule has 16 heavy (non-hydrogen) atoms. The number of aryl methyl sites for hydroxylation is 1. The standard InChI is InChI=1S/C11H13N3O2/c1-8-3-2-4-9(7-8)14-11(16)12-10(13-14)5-6-15/h2-4,7,15H,5-6H2,1H3,(H,12,13,16). The molecule has 2 rings (SSSR count). The normalized spacial score (nSPS) is 10.6. The topological polar surface area (TPSA) is 70.9 Å². The first-order valence-electron chi connectivity index (χ1n) is 5.07. The highest BCUT2D eigenvalue weighted by molar-refractivity contribution is 5.33. The number of aromatic nitrogens is 3. The van der Waals surface area contributed by atoms with Crippen molar-refractivity contribution >= 4 is 0 Å². The first kappa shape index (κ1) is 10.6. The molecule has 0 aliphatic carbocycles. The van der Waals surface area contributed by atoms with E-state index in [0.29, 0.717) is 12.2 Å². The van der Waals surface area contributed by atoms with Crippen molar-refractivity contribution < 1.29 is 5.11 Å². The van der Waals surface area contributed by atoms with Gasteiger partial charge in [-0.25, -0.2) is 4.79 Å². The summed E-state index contributed by atoms with van der Waals surface area (Å²) in [6.45, 7) is 1.93. The van der Waals surface area contributed by atoms with Crippen LogP contribution in [0.5, 0.6) is 0 Å². The fourth-order valence-corrected chi connectivity index (χ4v) is 1.52. The molecule has 2 aromatic rings. The van der Waals surface area contributed by atoms with Gasteiger partial charge in [-0.2, -0.15) is 9.78 Å². The molecule has 0 bridgehead atoms. The van der Waals surface area contributed by atoms with Crippen LogP contribution >= 0.6 is 0 Å². The molecule has 1 heterocycles. The van der Waals surface area contributed by atoms with E-state index in [1.165, 1.54) is 4.68 Å². The van der Waals surface area contributed by atoms with E-state index in [4.69, 9.17) is 5.11 Å². The van der Waals surface area contributed by atoms with Gasteiger partial charge in [0.15, 0.2) is 0 Å². The SMILES string of the molecule is Cc1cccc(-n2nc(CCO)[nH]c2=O)c1. The van der Waals surface area contributed by atoms with E-state index < -0.39 is 0 Å². The zero-order valence-electron chi connectivity index (χ0n) is 8.97. The van der Waals surface area contributed by atoms with Gasteiger partial charge >= 0.3 is 5.69 Å². The number of aromatic amines is 1. The zero-order chi connectivity index (χ0) is 11.5. The van der Waals surface area contributed by atoms with Gasteiger partial charge in [0.05, 0.1) is 12.3 Å². The Kier molecular flexibility index (Phi) is 2.87. The molecule has 0 atom stereocenters. The van der Waals surface area contributed by atoms with Gasteiger partial charge in [-0.1, -0.05) is 12.1 Å². The molecule has 5 heteroatoms. The fraction of sp³-hybridized carbons (Fsp3) is 0.273. The van der Waals surface area contributed by atoms with E-state index in [1.807, 2.05) is 31.2 Å². The summed E-state index contributed by atoms with van der Waals surface area (Å²) in [4.78, 5) is 14.2. The van der Waals surface area contributed by atoms with Crippen LogP contribution in [0.2, 0.25) is 0 Å². The monoisotopic (exact) mass is 219 g/mol. The second kappa shape index (κ2) is 4.32. The second-order valence-electron chi connectivity index (χ2n) is 3.60. The molecule has 0 aliphatic heterocycles. The Balaban J connectivity index is 2.44. The molecule has 0 saturated carbocycles. The molecular formula is C11H13N3O2. The minimum Gasteiger partial charge on any atom is -0.396 e. The zero-order valence-corrected chi connectivity index (χ0v) is 8.97. The van der Waals surface area contributed by atoms with Crippen LogP contribution in [0, 0.1) is 6.92 Å². The van der Waals surface area contributed by atoms with Crippen LogP contribution in [0.3, 0.4) is 0 Å². The van der Waals surface area contributed by atoms with Crippen LogP contribution < -0.4 is 5.69 Å². The van der Waals surface area contributed by atoms with Crippen LogP contribution in [0.25, 0.3) is 5.69 Å². The lowest BCUT2D eigenvalue weighted by molar-refractivity contribution is 0.296. The largest absolute Gasteiger partial charge is 0.396 e. The molecule has 0 spiro atoms. The van der Waals surface area contributed by atoms with Gasteiger partial charge in [-0.05, 0) is 24.6 Å². The maximum atomic E-state index is 11.6. The van der Waals surface area contributed by atoms with Crippen LogP contribution in [0.15, 0.2) is 29.1 Å². The van der Waals surface area contributed by atoms with E-state index in [1.54, 1.807) is 0 Å². The summed E-state index contributed by atoms with van der Waals surface area (Å²) in [5, 5.41) is 12.9. The number of hydrogen-bond acceptors (Lipinski definition) is 3. The van der Waals surface area contributed by atoms with Gasteiger partial charge in [0, 0.05) is 6.42 Å². The Morgan fingerprint density at radius 2 is 2.31 bits per heavy atom. The molecule has 84 valence electrons. The molecule has 0 amide bonds. The highest BCUT2D eigenvalue weighted by Gasteiger charge is 2.06. The number of benzene rings is 1. The summed E-state index contributed by atoms with van der Waals surface area (Å²) in [6, 6.07) is 7.52. The lowest BCUT2D eigenvalue weighted by atomic mass is 10.2. The van der Waals surface area contributed by atoms with E-state index in [9.17, 15) is 4.79 Å². The van der Waals surface area contributed by atoms with Crippen molar-refractivity contribution in [1.82, 2.24) is 14.8 Å². The Morgan fingerprint density at radius 1 is 1.50 bits per heavy atom. The van der Waals surface area contributed by atoms with Crippen LogP contribution in [0.4, 0.5) is 0 Å². The third-order valence-electron chi connectivity index (χ3n) is 2.26. The van der Waals surface area contributed by atoms with Crippen molar-refractivity contribution in [1.29, 1.82) is 0 Å². The van der Waals surface area contributed by atoms with Gasteiger partial charge in [0.25, 0.3) is 0 Å². The third-order valence-corrected chi connectivity index (χ3v) is 2.26. The van der Waals surface area contributed by atoms with Gasteiger partial charge in [0.2, 0.25) is 0 Å². The van der Waals surface area contributed by atoms with Gasteiger partial charge in [-0.3, -0.25) is 4.98 Å². The smallest absolute Gasteiger partial charge is 0.348 e. The molecule has 5 nitrogen and oxygen atoms in total. The molecule has 1 aromatic heterocycles. The first-order valence-corrected chi connectivity index (χ1v) is 5.07. The molecule has 2 N–H and O–H groups in total. The highest BCUT2D eigenvalue weighted by atomic mass is 16.3. The number of nitrogens with one attached hydrogen (secondary N) is 1. The maximum absolute atomic E-state index is 11.6. The number of rotatable bonds is 3. The minimum absolute atomic E-state index is 0.0270. The lowest BCUT2D eigenvalue weighted by Crippen LogP contribution is -2.15. The summed E-state index contributed by atoms with van der Waals surface area (Å²) >= 11 is 0.